The monoisotopic (exact) mass is 334 g/mol. The third-order valence-corrected chi connectivity index (χ3v) is 4.09. The number of hydrogen-bond donors (Lipinski definition) is 1. The molecule has 0 aliphatic rings. The van der Waals surface area contributed by atoms with E-state index >= 15 is 0 Å². The molecule has 2 aromatic heterocycles. The Labute approximate surface area is 135 Å². The molecule has 0 unspecified atom stereocenters. The highest BCUT2D eigenvalue weighted by Gasteiger charge is 2.11. The first kappa shape index (κ1) is 14.8. The van der Waals surface area contributed by atoms with Gasteiger partial charge in [0.05, 0.1) is 17.6 Å². The van der Waals surface area contributed by atoms with E-state index in [4.69, 9.17) is 16.7 Å². The minimum absolute atomic E-state index is 0.0837. The lowest BCUT2D eigenvalue weighted by Crippen LogP contribution is -2.01. The third kappa shape index (κ3) is 2.90. The van der Waals surface area contributed by atoms with Crippen molar-refractivity contribution in [3.05, 3.63) is 41.3 Å². The van der Waals surface area contributed by atoms with Crippen LogP contribution in [0.5, 0.6) is 0 Å². The standard InChI is InChI=1S/C14H11ClN4O2S/c1-8-4-9(15)2-3-11(8)19-7-17-10-5-16-14(18-13(10)19)22-6-12(20)21/h2-5,7H,6H2,1H3,(H,20,21). The van der Waals surface area contributed by atoms with Crippen LogP contribution >= 0.6 is 23.4 Å². The molecule has 2 heterocycles. The minimum Gasteiger partial charge on any atom is -0.481 e. The first-order chi connectivity index (χ1) is 10.5. The predicted molar refractivity (Wildman–Crippen MR) is 84.8 cm³/mol. The number of aliphatic carboxylic acids is 1. The quantitative estimate of drug-likeness (QED) is 0.583. The van der Waals surface area contributed by atoms with Crippen molar-refractivity contribution in [1.82, 2.24) is 19.5 Å². The molecule has 6 nitrogen and oxygen atoms in total. The number of nitrogens with zero attached hydrogens (tertiary/aromatic N) is 4. The van der Waals surface area contributed by atoms with E-state index in [1.165, 1.54) is 0 Å². The van der Waals surface area contributed by atoms with Gasteiger partial charge in [-0.15, -0.1) is 0 Å². The number of halogens is 1. The molecule has 1 aromatic carbocycles. The summed E-state index contributed by atoms with van der Waals surface area (Å²) >= 11 is 7.06. The minimum atomic E-state index is -0.907. The second-order valence-corrected chi connectivity index (χ2v) is 5.97. The highest BCUT2D eigenvalue weighted by molar-refractivity contribution is 7.99. The van der Waals surface area contributed by atoms with Crippen molar-refractivity contribution in [3.63, 3.8) is 0 Å². The van der Waals surface area contributed by atoms with Gasteiger partial charge >= 0.3 is 5.97 Å². The predicted octanol–water partition coefficient (Wildman–Crippen LogP) is 2.95. The Morgan fingerprint density at radius 3 is 2.95 bits per heavy atom. The van der Waals surface area contributed by atoms with Gasteiger partial charge in [0.1, 0.15) is 11.8 Å². The van der Waals surface area contributed by atoms with Crippen LogP contribution in [-0.2, 0) is 4.79 Å². The summed E-state index contributed by atoms with van der Waals surface area (Å²) < 4.78 is 1.84. The maximum absolute atomic E-state index is 10.6. The van der Waals surface area contributed by atoms with E-state index in [0.717, 1.165) is 23.0 Å². The van der Waals surface area contributed by atoms with E-state index in [-0.39, 0.29) is 5.75 Å². The molecule has 0 radical (unpaired) electrons. The van der Waals surface area contributed by atoms with Gasteiger partial charge in [-0.05, 0) is 30.7 Å². The van der Waals surface area contributed by atoms with Crippen LogP contribution < -0.4 is 0 Å². The Bertz CT molecular complexity index is 865. The van der Waals surface area contributed by atoms with Crippen LogP contribution in [0.15, 0.2) is 35.9 Å². The lowest BCUT2D eigenvalue weighted by atomic mass is 10.2. The number of benzene rings is 1. The number of carbonyl (C=O) groups is 1. The van der Waals surface area contributed by atoms with Crippen molar-refractivity contribution in [2.45, 2.75) is 12.1 Å². The molecule has 0 atom stereocenters. The maximum Gasteiger partial charge on any atom is 0.313 e. The van der Waals surface area contributed by atoms with E-state index < -0.39 is 5.97 Å². The lowest BCUT2D eigenvalue weighted by molar-refractivity contribution is -0.133. The molecular formula is C14H11ClN4O2S. The van der Waals surface area contributed by atoms with Crippen LogP contribution in [0.3, 0.4) is 0 Å². The Balaban J connectivity index is 2.06. The number of carboxylic acids is 1. The van der Waals surface area contributed by atoms with E-state index in [2.05, 4.69) is 15.0 Å². The number of fused-ring (bicyclic) bond motifs is 1. The summed E-state index contributed by atoms with van der Waals surface area (Å²) in [5.74, 6) is -0.990. The van der Waals surface area contributed by atoms with Gasteiger partial charge in [0, 0.05) is 5.02 Å². The van der Waals surface area contributed by atoms with Gasteiger partial charge in [0.2, 0.25) is 0 Å². The molecule has 0 saturated heterocycles. The molecule has 0 amide bonds. The molecule has 0 fully saturated rings. The first-order valence-corrected chi connectivity index (χ1v) is 7.72. The second kappa shape index (κ2) is 5.94. The Morgan fingerprint density at radius 2 is 2.23 bits per heavy atom. The lowest BCUT2D eigenvalue weighted by Gasteiger charge is -2.08. The molecule has 22 heavy (non-hydrogen) atoms. The fourth-order valence-corrected chi connectivity index (χ4v) is 2.81. The smallest absolute Gasteiger partial charge is 0.313 e. The second-order valence-electron chi connectivity index (χ2n) is 4.59. The average molecular weight is 335 g/mol. The van der Waals surface area contributed by atoms with E-state index in [9.17, 15) is 4.79 Å². The maximum atomic E-state index is 10.6. The van der Waals surface area contributed by atoms with Gasteiger partial charge in [0.15, 0.2) is 10.8 Å². The number of aromatic nitrogens is 4. The summed E-state index contributed by atoms with van der Waals surface area (Å²) in [6.45, 7) is 1.95. The first-order valence-electron chi connectivity index (χ1n) is 6.36. The van der Waals surface area contributed by atoms with E-state index in [0.29, 0.717) is 21.3 Å². The number of hydrogen-bond acceptors (Lipinski definition) is 5. The van der Waals surface area contributed by atoms with Crippen LogP contribution in [0, 0.1) is 6.92 Å². The topological polar surface area (TPSA) is 80.9 Å². The molecule has 0 aliphatic carbocycles. The number of rotatable bonds is 4. The molecular weight excluding hydrogens is 324 g/mol. The average Bonchev–Trinajstić information content (AvgIpc) is 2.88. The van der Waals surface area contributed by atoms with Crippen molar-refractivity contribution in [3.8, 4) is 5.69 Å². The fraction of sp³-hybridized carbons (Fsp3) is 0.143. The SMILES string of the molecule is Cc1cc(Cl)ccc1-n1cnc2cnc(SCC(=O)O)nc21. The van der Waals surface area contributed by atoms with Gasteiger partial charge in [-0.2, -0.15) is 0 Å². The molecule has 0 spiro atoms. The number of carboxylic acid groups (broad SMARTS) is 1. The molecule has 3 aromatic rings. The zero-order valence-corrected chi connectivity index (χ0v) is 13.1. The number of aryl methyl sites for hydroxylation is 1. The van der Waals surface area contributed by atoms with Gasteiger partial charge in [-0.1, -0.05) is 23.4 Å². The summed E-state index contributed by atoms with van der Waals surface area (Å²) in [7, 11) is 0. The van der Waals surface area contributed by atoms with Gasteiger partial charge < -0.3 is 5.11 Å². The normalized spacial score (nSPS) is 11.0. The van der Waals surface area contributed by atoms with Crippen LogP contribution in [0.25, 0.3) is 16.9 Å². The van der Waals surface area contributed by atoms with E-state index in [1.807, 2.05) is 23.6 Å². The summed E-state index contributed by atoms with van der Waals surface area (Å²) in [5, 5.41) is 9.81. The molecule has 0 aliphatic heterocycles. The van der Waals surface area contributed by atoms with Crippen LogP contribution in [0.4, 0.5) is 0 Å². The number of thioether (sulfide) groups is 1. The molecule has 3 rings (SSSR count). The van der Waals surface area contributed by atoms with Crippen LogP contribution in [0.1, 0.15) is 5.56 Å². The summed E-state index contributed by atoms with van der Waals surface area (Å²) in [4.78, 5) is 23.4. The van der Waals surface area contributed by atoms with E-state index in [1.54, 1.807) is 18.6 Å². The van der Waals surface area contributed by atoms with Gasteiger partial charge in [-0.3, -0.25) is 9.36 Å². The molecule has 112 valence electrons. The van der Waals surface area contributed by atoms with Crippen LogP contribution in [0.2, 0.25) is 5.02 Å². The van der Waals surface area contributed by atoms with Crippen molar-refractivity contribution >= 4 is 40.5 Å². The zero-order valence-electron chi connectivity index (χ0n) is 11.5. The van der Waals surface area contributed by atoms with Crippen LogP contribution in [-0.4, -0.2) is 36.3 Å². The highest BCUT2D eigenvalue weighted by Crippen LogP contribution is 2.23. The van der Waals surface area contributed by atoms with Crippen molar-refractivity contribution in [2.75, 3.05) is 5.75 Å². The Hall–Kier alpha value is -2.12. The Morgan fingerprint density at radius 1 is 1.41 bits per heavy atom. The molecule has 8 heteroatoms. The molecule has 0 bridgehead atoms. The third-order valence-electron chi connectivity index (χ3n) is 3.01. The number of imidazole rings is 1. The molecule has 0 saturated carbocycles. The highest BCUT2D eigenvalue weighted by atomic mass is 35.5. The largest absolute Gasteiger partial charge is 0.481 e. The summed E-state index contributed by atoms with van der Waals surface area (Å²) in [6.07, 6.45) is 3.26. The molecule has 1 N–H and O–H groups in total. The van der Waals surface area contributed by atoms with Crippen molar-refractivity contribution in [2.24, 2.45) is 0 Å². The van der Waals surface area contributed by atoms with Gasteiger partial charge in [-0.25, -0.2) is 15.0 Å². The zero-order chi connectivity index (χ0) is 15.7. The summed E-state index contributed by atoms with van der Waals surface area (Å²) in [6, 6.07) is 5.56. The fourth-order valence-electron chi connectivity index (χ4n) is 2.06. The summed E-state index contributed by atoms with van der Waals surface area (Å²) in [5.41, 5.74) is 3.19. The van der Waals surface area contributed by atoms with Crippen molar-refractivity contribution < 1.29 is 9.90 Å². The van der Waals surface area contributed by atoms with Crippen molar-refractivity contribution in [1.29, 1.82) is 0 Å². The van der Waals surface area contributed by atoms with Gasteiger partial charge in [0.25, 0.3) is 0 Å². The Kier molecular flexibility index (Phi) is 4.00.